The smallest absolute Gasteiger partial charge is 0.345 e. The molecule has 10 heteroatoms. The first-order chi connectivity index (χ1) is 13.3. The molecule has 0 unspecified atom stereocenters. The number of para-hydroxylation sites is 1. The molecule has 1 aromatic carbocycles. The fourth-order valence-electron chi connectivity index (χ4n) is 2.87. The Morgan fingerprint density at radius 3 is 2.71 bits per heavy atom. The van der Waals surface area contributed by atoms with Crippen molar-refractivity contribution in [3.63, 3.8) is 0 Å². The average molecular weight is 387 g/mol. The highest BCUT2D eigenvalue weighted by Crippen LogP contribution is 2.29. The number of fused-ring (bicyclic) bond motifs is 2. The van der Waals surface area contributed by atoms with Crippen LogP contribution in [-0.4, -0.2) is 25.5 Å². The molecule has 0 fully saturated rings. The zero-order valence-electron chi connectivity index (χ0n) is 14.1. The second-order valence-electron chi connectivity index (χ2n) is 6.04. The zero-order chi connectivity index (χ0) is 19.9. The van der Waals surface area contributed by atoms with Crippen LogP contribution in [0, 0.1) is 0 Å². The maximum atomic E-state index is 12.9. The molecule has 4 rings (SSSR count). The van der Waals surface area contributed by atoms with E-state index in [-0.39, 0.29) is 23.6 Å². The highest BCUT2D eigenvalue weighted by molar-refractivity contribution is 6.05. The first kappa shape index (κ1) is 17.7. The van der Waals surface area contributed by atoms with E-state index in [4.69, 9.17) is 0 Å². The van der Waals surface area contributed by atoms with Crippen LogP contribution in [0.5, 0.6) is 0 Å². The minimum Gasteiger partial charge on any atom is -0.345 e. The zero-order valence-corrected chi connectivity index (χ0v) is 14.1. The van der Waals surface area contributed by atoms with E-state index < -0.39 is 23.2 Å². The van der Waals surface area contributed by atoms with E-state index in [0.717, 1.165) is 12.3 Å². The van der Waals surface area contributed by atoms with E-state index in [1.807, 2.05) is 0 Å². The molecule has 0 bridgehead atoms. The number of amides is 1. The molecule has 0 aliphatic rings. The fraction of sp³-hybridized carbons (Fsp3) is 0.111. The van der Waals surface area contributed by atoms with Crippen LogP contribution in [0.2, 0.25) is 0 Å². The van der Waals surface area contributed by atoms with Gasteiger partial charge in [0.2, 0.25) is 5.56 Å². The van der Waals surface area contributed by atoms with Crippen molar-refractivity contribution in [3.05, 3.63) is 76.0 Å². The van der Waals surface area contributed by atoms with Crippen molar-refractivity contribution >= 4 is 22.5 Å². The van der Waals surface area contributed by atoms with Crippen molar-refractivity contribution in [2.24, 2.45) is 0 Å². The van der Waals surface area contributed by atoms with Gasteiger partial charge in [-0.1, -0.05) is 18.2 Å². The van der Waals surface area contributed by atoms with Crippen molar-refractivity contribution in [3.8, 4) is 0 Å². The number of hydrogen-bond donors (Lipinski definition) is 2. The average Bonchev–Trinajstić information content (AvgIpc) is 3.07. The maximum Gasteiger partial charge on any atom is 0.417 e. The Kier molecular flexibility index (Phi) is 4.10. The minimum absolute atomic E-state index is 0.128. The summed E-state index contributed by atoms with van der Waals surface area (Å²) >= 11 is 0. The molecule has 2 N–H and O–H groups in total. The lowest BCUT2D eigenvalue weighted by molar-refractivity contribution is -0.137. The summed E-state index contributed by atoms with van der Waals surface area (Å²) in [5.41, 5.74) is -0.412. The van der Waals surface area contributed by atoms with E-state index in [0.29, 0.717) is 10.9 Å². The van der Waals surface area contributed by atoms with Crippen molar-refractivity contribution < 1.29 is 18.0 Å². The fourth-order valence-corrected chi connectivity index (χ4v) is 2.87. The van der Waals surface area contributed by atoms with Gasteiger partial charge < -0.3 is 10.3 Å². The van der Waals surface area contributed by atoms with Gasteiger partial charge in [-0.25, -0.2) is 0 Å². The molecular formula is C18H12F3N5O2. The van der Waals surface area contributed by atoms with Gasteiger partial charge in [-0.05, 0) is 18.2 Å². The van der Waals surface area contributed by atoms with Crippen LogP contribution in [0.25, 0.3) is 16.6 Å². The van der Waals surface area contributed by atoms with E-state index in [2.05, 4.69) is 20.5 Å². The lowest BCUT2D eigenvalue weighted by Gasteiger charge is -2.09. The molecule has 0 saturated heterocycles. The molecule has 0 aliphatic heterocycles. The SMILES string of the molecule is O=C(NCc1nnc2ccc(C(F)(F)F)cn12)c1cc(=O)[nH]c2ccccc12. The largest absolute Gasteiger partial charge is 0.417 e. The lowest BCUT2D eigenvalue weighted by Crippen LogP contribution is -2.25. The molecule has 1 amide bonds. The number of aromatic nitrogens is 4. The Labute approximate surface area is 154 Å². The Hall–Kier alpha value is -3.69. The number of nitrogens with zero attached hydrogens (tertiary/aromatic N) is 3. The predicted molar refractivity (Wildman–Crippen MR) is 93.7 cm³/mol. The van der Waals surface area contributed by atoms with Crippen molar-refractivity contribution in [2.75, 3.05) is 0 Å². The summed E-state index contributed by atoms with van der Waals surface area (Å²) in [6.45, 7) is -0.164. The number of rotatable bonds is 3. The molecule has 0 saturated carbocycles. The van der Waals surface area contributed by atoms with Gasteiger partial charge in [0.15, 0.2) is 11.5 Å². The normalized spacial score (nSPS) is 11.8. The van der Waals surface area contributed by atoms with Crippen LogP contribution in [0.1, 0.15) is 21.7 Å². The molecule has 3 heterocycles. The summed E-state index contributed by atoms with van der Waals surface area (Å²) in [4.78, 5) is 27.0. The highest BCUT2D eigenvalue weighted by Gasteiger charge is 2.31. The van der Waals surface area contributed by atoms with Gasteiger partial charge in [0.25, 0.3) is 5.91 Å². The highest BCUT2D eigenvalue weighted by atomic mass is 19.4. The second-order valence-corrected chi connectivity index (χ2v) is 6.04. The van der Waals surface area contributed by atoms with E-state index >= 15 is 0 Å². The van der Waals surface area contributed by atoms with Crippen LogP contribution >= 0.6 is 0 Å². The summed E-state index contributed by atoms with van der Waals surface area (Å²) < 4.78 is 39.9. The van der Waals surface area contributed by atoms with Crippen molar-refractivity contribution in [2.45, 2.75) is 12.7 Å². The molecule has 4 aromatic rings. The summed E-state index contributed by atoms with van der Waals surface area (Å²) in [5, 5.41) is 10.7. The third-order valence-electron chi connectivity index (χ3n) is 4.20. The van der Waals surface area contributed by atoms with Gasteiger partial charge in [-0.15, -0.1) is 10.2 Å². The van der Waals surface area contributed by atoms with Gasteiger partial charge in [-0.3, -0.25) is 14.0 Å². The molecule has 0 aliphatic carbocycles. The second kappa shape index (κ2) is 6.48. The van der Waals surface area contributed by atoms with Crippen LogP contribution in [0.4, 0.5) is 13.2 Å². The standard InChI is InChI=1S/C18H12F3N5O2/c19-18(20,21)10-5-6-14-24-25-15(26(14)9-10)8-22-17(28)12-7-16(27)23-13-4-2-1-3-11(12)13/h1-7,9H,8H2,(H,22,28)(H,23,27). The molecule has 3 aromatic heterocycles. The van der Waals surface area contributed by atoms with E-state index in [1.165, 1.54) is 16.5 Å². The molecule has 0 radical (unpaired) electrons. The van der Waals surface area contributed by atoms with Crippen LogP contribution in [0.3, 0.4) is 0 Å². The number of hydrogen-bond acceptors (Lipinski definition) is 4. The minimum atomic E-state index is -4.51. The van der Waals surface area contributed by atoms with Crippen LogP contribution in [-0.2, 0) is 12.7 Å². The molecule has 0 atom stereocenters. The Bertz CT molecular complexity index is 1260. The molecular weight excluding hydrogens is 375 g/mol. The summed E-state index contributed by atoms with van der Waals surface area (Å²) in [6.07, 6.45) is -3.64. The third kappa shape index (κ3) is 3.20. The Morgan fingerprint density at radius 1 is 1.14 bits per heavy atom. The number of carbonyl (C=O) groups excluding carboxylic acids is 1. The molecule has 0 spiro atoms. The number of nitrogens with one attached hydrogen (secondary N) is 2. The monoisotopic (exact) mass is 387 g/mol. The number of halogens is 3. The van der Waals surface area contributed by atoms with E-state index in [1.54, 1.807) is 24.3 Å². The quantitative estimate of drug-likeness (QED) is 0.565. The Balaban J connectivity index is 1.63. The topological polar surface area (TPSA) is 92.2 Å². The van der Waals surface area contributed by atoms with Gasteiger partial charge in [0.05, 0.1) is 17.7 Å². The lowest BCUT2D eigenvalue weighted by atomic mass is 10.1. The van der Waals surface area contributed by atoms with E-state index in [9.17, 15) is 22.8 Å². The summed E-state index contributed by atoms with van der Waals surface area (Å²) in [6, 6.07) is 10.1. The first-order valence-electron chi connectivity index (χ1n) is 8.14. The van der Waals surface area contributed by atoms with Crippen LogP contribution < -0.4 is 10.9 Å². The molecule has 28 heavy (non-hydrogen) atoms. The molecule has 142 valence electrons. The first-order valence-corrected chi connectivity index (χ1v) is 8.14. The molecule has 7 nitrogen and oxygen atoms in total. The number of benzene rings is 1. The third-order valence-corrected chi connectivity index (χ3v) is 4.20. The number of carbonyl (C=O) groups is 1. The van der Waals surface area contributed by atoms with Crippen molar-refractivity contribution in [1.82, 2.24) is 24.9 Å². The number of aromatic amines is 1. The van der Waals surface area contributed by atoms with Crippen LogP contribution in [0.15, 0.2) is 53.5 Å². The number of alkyl halides is 3. The number of H-pyrrole nitrogens is 1. The van der Waals surface area contributed by atoms with Gasteiger partial charge in [0.1, 0.15) is 0 Å². The summed E-state index contributed by atoms with van der Waals surface area (Å²) in [5.74, 6) is -0.422. The van der Waals surface area contributed by atoms with Gasteiger partial charge >= 0.3 is 6.18 Å². The van der Waals surface area contributed by atoms with Gasteiger partial charge in [0, 0.05) is 23.2 Å². The Morgan fingerprint density at radius 2 is 1.93 bits per heavy atom. The summed E-state index contributed by atoms with van der Waals surface area (Å²) in [7, 11) is 0. The van der Waals surface area contributed by atoms with Crippen molar-refractivity contribution in [1.29, 1.82) is 0 Å². The predicted octanol–water partition coefficient (Wildman–Crippen LogP) is 2.52. The number of pyridine rings is 2. The van der Waals surface area contributed by atoms with Gasteiger partial charge in [-0.2, -0.15) is 13.2 Å². The maximum absolute atomic E-state index is 12.9.